The Balaban J connectivity index is 2.48. The van der Waals surface area contributed by atoms with Crippen LogP contribution in [0.25, 0.3) is 0 Å². The maximum Gasteiger partial charge on any atom is 0.240 e. The molecule has 0 aliphatic rings. The van der Waals surface area contributed by atoms with Gasteiger partial charge in [-0.25, -0.2) is 0 Å². The van der Waals surface area contributed by atoms with Crippen molar-refractivity contribution in [2.45, 2.75) is 6.42 Å². The number of amides is 2. The van der Waals surface area contributed by atoms with Crippen molar-refractivity contribution in [3.8, 4) is 0 Å². The van der Waals surface area contributed by atoms with Crippen LogP contribution in [-0.4, -0.2) is 11.8 Å². The van der Waals surface area contributed by atoms with Crippen molar-refractivity contribution < 1.29 is 9.59 Å². The lowest BCUT2D eigenvalue weighted by Crippen LogP contribution is -2.30. The molecule has 2 aromatic carbocycles. The first kappa shape index (κ1) is 15.4. The molecule has 0 aliphatic heterocycles. The summed E-state index contributed by atoms with van der Waals surface area (Å²) in [6, 6.07) is 13.5. The van der Waals surface area contributed by atoms with E-state index in [9.17, 15) is 9.59 Å². The van der Waals surface area contributed by atoms with E-state index in [1.807, 2.05) is 0 Å². The number of anilines is 2. The average molecular weight is 323 g/mol. The van der Waals surface area contributed by atoms with Crippen LogP contribution in [0, 0.1) is 0 Å². The van der Waals surface area contributed by atoms with E-state index in [1.54, 1.807) is 48.5 Å². The minimum Gasteiger partial charge on any atom is -0.369 e. The zero-order chi connectivity index (χ0) is 15.4. The molecule has 0 fully saturated rings. The highest BCUT2D eigenvalue weighted by atomic mass is 35.5. The van der Waals surface area contributed by atoms with Crippen LogP contribution in [0.4, 0.5) is 11.4 Å². The van der Waals surface area contributed by atoms with Crippen LogP contribution < -0.4 is 10.6 Å². The van der Waals surface area contributed by atoms with Crippen LogP contribution in [0.2, 0.25) is 10.0 Å². The van der Waals surface area contributed by atoms with Gasteiger partial charge in [0, 0.05) is 10.0 Å². The Bertz CT molecular complexity index is 643. The van der Waals surface area contributed by atoms with E-state index in [1.165, 1.54) is 4.90 Å². The maximum atomic E-state index is 12.3. The Kier molecular flexibility index (Phi) is 4.83. The van der Waals surface area contributed by atoms with Gasteiger partial charge in [-0.15, -0.1) is 0 Å². The van der Waals surface area contributed by atoms with Crippen LogP contribution in [0.5, 0.6) is 0 Å². The molecule has 2 amide bonds. The van der Waals surface area contributed by atoms with Gasteiger partial charge >= 0.3 is 0 Å². The van der Waals surface area contributed by atoms with Crippen molar-refractivity contribution in [3.63, 3.8) is 0 Å². The van der Waals surface area contributed by atoms with Gasteiger partial charge in [0.05, 0.1) is 11.4 Å². The SMILES string of the molecule is NC(=O)CC(=O)N(c1cccc(Cl)c1)c1cccc(Cl)c1. The Morgan fingerprint density at radius 1 is 0.952 bits per heavy atom. The summed E-state index contributed by atoms with van der Waals surface area (Å²) in [5.74, 6) is -1.15. The molecule has 21 heavy (non-hydrogen) atoms. The van der Waals surface area contributed by atoms with Crippen molar-refractivity contribution >= 4 is 46.4 Å². The molecular weight excluding hydrogens is 311 g/mol. The number of nitrogens with zero attached hydrogens (tertiary/aromatic N) is 1. The Labute approximate surface area is 132 Å². The first-order valence-corrected chi connectivity index (χ1v) is 6.85. The summed E-state index contributed by atoms with van der Waals surface area (Å²) in [5, 5.41) is 0.956. The molecule has 0 unspecified atom stereocenters. The smallest absolute Gasteiger partial charge is 0.240 e. The standard InChI is InChI=1S/C15H12Cl2N2O2/c16-10-3-1-5-12(7-10)19(15(21)9-14(18)20)13-6-2-4-11(17)8-13/h1-8H,9H2,(H2,18,20). The molecule has 0 saturated carbocycles. The largest absolute Gasteiger partial charge is 0.369 e. The fraction of sp³-hybridized carbons (Fsp3) is 0.0667. The molecule has 0 radical (unpaired) electrons. The molecule has 0 heterocycles. The van der Waals surface area contributed by atoms with E-state index in [0.717, 1.165) is 0 Å². The number of rotatable bonds is 4. The van der Waals surface area contributed by atoms with Gasteiger partial charge in [-0.1, -0.05) is 35.3 Å². The van der Waals surface area contributed by atoms with Gasteiger partial charge in [-0.05, 0) is 36.4 Å². The van der Waals surface area contributed by atoms with E-state index >= 15 is 0 Å². The third kappa shape index (κ3) is 3.97. The number of halogens is 2. The Hall–Kier alpha value is -2.04. The number of hydrogen-bond acceptors (Lipinski definition) is 2. The molecule has 2 aromatic rings. The molecule has 2 rings (SSSR count). The van der Waals surface area contributed by atoms with E-state index in [0.29, 0.717) is 21.4 Å². The first-order valence-electron chi connectivity index (χ1n) is 6.10. The normalized spacial score (nSPS) is 10.2. The lowest BCUT2D eigenvalue weighted by Gasteiger charge is -2.23. The second kappa shape index (κ2) is 6.61. The fourth-order valence-corrected chi connectivity index (χ4v) is 2.26. The monoisotopic (exact) mass is 322 g/mol. The van der Waals surface area contributed by atoms with Crippen LogP contribution in [-0.2, 0) is 9.59 Å². The topological polar surface area (TPSA) is 63.4 Å². The third-order valence-corrected chi connectivity index (χ3v) is 3.18. The molecular formula is C15H12Cl2N2O2. The number of carbonyl (C=O) groups excluding carboxylic acids is 2. The summed E-state index contributed by atoms with van der Waals surface area (Å²) in [7, 11) is 0. The Morgan fingerprint density at radius 3 is 1.81 bits per heavy atom. The summed E-state index contributed by atoms with van der Waals surface area (Å²) >= 11 is 11.9. The average Bonchev–Trinajstić information content (AvgIpc) is 2.38. The van der Waals surface area contributed by atoms with Gasteiger partial charge < -0.3 is 5.73 Å². The summed E-state index contributed by atoms with van der Waals surface area (Å²) in [4.78, 5) is 24.7. The van der Waals surface area contributed by atoms with Crippen molar-refractivity contribution in [3.05, 3.63) is 58.6 Å². The molecule has 0 spiro atoms. The third-order valence-electron chi connectivity index (χ3n) is 2.71. The predicted octanol–water partition coefficient (Wildman–Crippen LogP) is 3.53. The van der Waals surface area contributed by atoms with Crippen LogP contribution in [0.3, 0.4) is 0 Å². The molecule has 6 heteroatoms. The molecule has 4 nitrogen and oxygen atoms in total. The van der Waals surface area contributed by atoms with Crippen molar-refractivity contribution in [2.24, 2.45) is 5.73 Å². The van der Waals surface area contributed by atoms with E-state index in [2.05, 4.69) is 0 Å². The number of carbonyl (C=O) groups is 2. The van der Waals surface area contributed by atoms with E-state index < -0.39 is 18.2 Å². The second-order valence-electron chi connectivity index (χ2n) is 4.33. The summed E-state index contributed by atoms with van der Waals surface area (Å²) in [6.07, 6.45) is -0.404. The highest BCUT2D eigenvalue weighted by Gasteiger charge is 2.20. The molecule has 0 bridgehead atoms. The summed E-state index contributed by atoms with van der Waals surface area (Å²) in [6.45, 7) is 0. The molecule has 2 N–H and O–H groups in total. The number of benzene rings is 2. The highest BCUT2D eigenvalue weighted by molar-refractivity contribution is 6.31. The lowest BCUT2D eigenvalue weighted by atomic mass is 10.2. The zero-order valence-electron chi connectivity index (χ0n) is 10.9. The van der Waals surface area contributed by atoms with Crippen LogP contribution in [0.15, 0.2) is 48.5 Å². The van der Waals surface area contributed by atoms with Gasteiger partial charge in [0.15, 0.2) is 0 Å². The zero-order valence-corrected chi connectivity index (χ0v) is 12.4. The molecule has 108 valence electrons. The Morgan fingerprint density at radius 2 is 1.43 bits per heavy atom. The van der Waals surface area contributed by atoms with Crippen LogP contribution in [0.1, 0.15) is 6.42 Å². The minimum absolute atomic E-state index is 0.404. The van der Waals surface area contributed by atoms with Gasteiger partial charge in [0.2, 0.25) is 11.8 Å². The van der Waals surface area contributed by atoms with Crippen LogP contribution >= 0.6 is 23.2 Å². The predicted molar refractivity (Wildman–Crippen MR) is 83.9 cm³/mol. The van der Waals surface area contributed by atoms with Crippen molar-refractivity contribution in [1.29, 1.82) is 0 Å². The van der Waals surface area contributed by atoms with Gasteiger partial charge in [0.25, 0.3) is 0 Å². The first-order chi connectivity index (χ1) is 9.97. The van der Waals surface area contributed by atoms with E-state index in [4.69, 9.17) is 28.9 Å². The van der Waals surface area contributed by atoms with Gasteiger partial charge in [-0.2, -0.15) is 0 Å². The molecule has 0 aromatic heterocycles. The highest BCUT2D eigenvalue weighted by Crippen LogP contribution is 2.30. The van der Waals surface area contributed by atoms with Gasteiger partial charge in [0.1, 0.15) is 6.42 Å². The maximum absolute atomic E-state index is 12.3. The number of nitrogens with two attached hydrogens (primary N) is 1. The quantitative estimate of drug-likeness (QED) is 0.875. The van der Waals surface area contributed by atoms with Crippen molar-refractivity contribution in [2.75, 3.05) is 4.90 Å². The lowest BCUT2D eigenvalue weighted by molar-refractivity contribution is -0.125. The van der Waals surface area contributed by atoms with E-state index in [-0.39, 0.29) is 0 Å². The minimum atomic E-state index is -0.700. The molecule has 0 atom stereocenters. The second-order valence-corrected chi connectivity index (χ2v) is 5.20. The fourth-order valence-electron chi connectivity index (χ4n) is 1.90. The van der Waals surface area contributed by atoms with Crippen molar-refractivity contribution in [1.82, 2.24) is 0 Å². The number of primary amides is 1. The number of hydrogen-bond donors (Lipinski definition) is 1. The van der Waals surface area contributed by atoms with Gasteiger partial charge in [-0.3, -0.25) is 14.5 Å². The molecule has 0 aliphatic carbocycles. The summed E-state index contributed by atoms with van der Waals surface area (Å²) in [5.41, 5.74) is 6.18. The molecule has 0 saturated heterocycles. The summed E-state index contributed by atoms with van der Waals surface area (Å²) < 4.78 is 0.